The van der Waals surface area contributed by atoms with Gasteiger partial charge >= 0.3 is 0 Å². The van der Waals surface area contributed by atoms with E-state index >= 15 is 0 Å². The monoisotopic (exact) mass is 260 g/mol. The average molecular weight is 260 g/mol. The van der Waals surface area contributed by atoms with Gasteiger partial charge in [0.15, 0.2) is 0 Å². The normalized spacial score (nSPS) is 25.4. The number of carbonyl (C=O) groups is 2. The number of methoxy groups -OCH3 is 1. The molecule has 2 amide bonds. The fraction of sp³-hybridized carbons (Fsp3) is 0.429. The molecule has 0 aliphatic carbocycles. The van der Waals surface area contributed by atoms with Gasteiger partial charge in [-0.05, 0) is 31.5 Å². The number of ether oxygens (including phenoxy) is 1. The molecule has 1 saturated heterocycles. The SMILES string of the molecule is COc1ccc2c(c1)C(=O)N(C)C1(C)CCC(=O)N21. The molecular weight excluding hydrogens is 244 g/mol. The van der Waals surface area contributed by atoms with Gasteiger partial charge in [-0.1, -0.05) is 0 Å². The molecule has 1 aromatic rings. The molecule has 0 saturated carbocycles. The number of rotatable bonds is 1. The van der Waals surface area contributed by atoms with Crippen molar-refractivity contribution < 1.29 is 14.3 Å². The topological polar surface area (TPSA) is 49.9 Å². The van der Waals surface area contributed by atoms with Crippen LogP contribution in [0.15, 0.2) is 18.2 Å². The molecule has 1 atom stereocenters. The van der Waals surface area contributed by atoms with Crippen molar-refractivity contribution in [2.45, 2.75) is 25.4 Å². The third-order valence-corrected chi connectivity index (χ3v) is 4.25. The Bertz CT molecular complexity index is 584. The Morgan fingerprint density at radius 3 is 2.74 bits per heavy atom. The molecule has 2 aliphatic heterocycles. The number of benzene rings is 1. The first-order valence-electron chi connectivity index (χ1n) is 6.28. The summed E-state index contributed by atoms with van der Waals surface area (Å²) >= 11 is 0. The zero-order valence-electron chi connectivity index (χ0n) is 11.3. The van der Waals surface area contributed by atoms with Crippen LogP contribution in [0.25, 0.3) is 0 Å². The van der Waals surface area contributed by atoms with Crippen molar-refractivity contribution in [2.75, 3.05) is 19.1 Å². The van der Waals surface area contributed by atoms with E-state index in [0.717, 1.165) is 0 Å². The van der Waals surface area contributed by atoms with Crippen molar-refractivity contribution in [3.63, 3.8) is 0 Å². The Morgan fingerprint density at radius 2 is 2.05 bits per heavy atom. The van der Waals surface area contributed by atoms with Gasteiger partial charge in [0.1, 0.15) is 11.4 Å². The standard InChI is InChI=1S/C14H16N2O3/c1-14-7-6-12(17)16(14)11-5-4-9(19-3)8-10(11)13(18)15(14)2/h4-5,8H,6-7H2,1-3H3. The summed E-state index contributed by atoms with van der Waals surface area (Å²) in [5.41, 5.74) is 0.666. The Balaban J connectivity index is 2.23. The van der Waals surface area contributed by atoms with Crippen molar-refractivity contribution in [3.05, 3.63) is 23.8 Å². The Morgan fingerprint density at radius 1 is 1.32 bits per heavy atom. The highest BCUT2D eigenvalue weighted by molar-refractivity contribution is 6.10. The summed E-state index contributed by atoms with van der Waals surface area (Å²) < 4.78 is 5.15. The molecule has 2 aliphatic rings. The van der Waals surface area contributed by atoms with Crippen LogP contribution in [0.1, 0.15) is 30.1 Å². The van der Waals surface area contributed by atoms with Gasteiger partial charge in [0, 0.05) is 13.5 Å². The highest BCUT2D eigenvalue weighted by atomic mass is 16.5. The van der Waals surface area contributed by atoms with Crippen molar-refractivity contribution in [3.8, 4) is 5.75 Å². The smallest absolute Gasteiger partial charge is 0.257 e. The van der Waals surface area contributed by atoms with Crippen LogP contribution in [0.3, 0.4) is 0 Å². The van der Waals surface area contributed by atoms with Crippen LogP contribution < -0.4 is 9.64 Å². The molecular formula is C14H16N2O3. The molecule has 1 fully saturated rings. The average Bonchev–Trinajstić information content (AvgIpc) is 2.73. The quantitative estimate of drug-likeness (QED) is 0.771. The van der Waals surface area contributed by atoms with E-state index in [0.29, 0.717) is 29.8 Å². The molecule has 2 heterocycles. The van der Waals surface area contributed by atoms with Gasteiger partial charge < -0.3 is 9.64 Å². The van der Waals surface area contributed by atoms with Gasteiger partial charge in [0.25, 0.3) is 5.91 Å². The highest BCUT2D eigenvalue weighted by Gasteiger charge is 2.51. The first-order chi connectivity index (χ1) is 8.99. The third kappa shape index (κ3) is 1.41. The largest absolute Gasteiger partial charge is 0.497 e. The van der Waals surface area contributed by atoms with Crippen LogP contribution in [0.5, 0.6) is 5.75 Å². The zero-order valence-corrected chi connectivity index (χ0v) is 11.3. The van der Waals surface area contributed by atoms with Crippen molar-refractivity contribution >= 4 is 17.5 Å². The van der Waals surface area contributed by atoms with Gasteiger partial charge in [0.2, 0.25) is 5.91 Å². The van der Waals surface area contributed by atoms with Crippen LogP contribution >= 0.6 is 0 Å². The van der Waals surface area contributed by atoms with E-state index in [1.165, 1.54) is 0 Å². The Kier molecular flexibility index (Phi) is 2.36. The molecule has 0 N–H and O–H groups in total. The van der Waals surface area contributed by atoms with E-state index < -0.39 is 5.66 Å². The maximum absolute atomic E-state index is 12.5. The molecule has 3 rings (SSSR count). The van der Waals surface area contributed by atoms with Crippen molar-refractivity contribution in [1.82, 2.24) is 4.90 Å². The number of nitrogens with zero attached hydrogens (tertiary/aromatic N) is 2. The van der Waals surface area contributed by atoms with Crippen LogP contribution in [0, 0.1) is 0 Å². The summed E-state index contributed by atoms with van der Waals surface area (Å²) in [6.07, 6.45) is 1.14. The second-order valence-corrected chi connectivity index (χ2v) is 5.19. The molecule has 100 valence electrons. The minimum atomic E-state index is -0.546. The van der Waals surface area contributed by atoms with Crippen LogP contribution in [-0.2, 0) is 4.79 Å². The van der Waals surface area contributed by atoms with E-state index in [-0.39, 0.29) is 11.8 Å². The van der Waals surface area contributed by atoms with Gasteiger partial charge in [0.05, 0.1) is 18.4 Å². The maximum atomic E-state index is 12.5. The van der Waals surface area contributed by atoms with E-state index in [1.54, 1.807) is 42.2 Å². The van der Waals surface area contributed by atoms with E-state index in [9.17, 15) is 9.59 Å². The van der Waals surface area contributed by atoms with E-state index in [1.807, 2.05) is 6.92 Å². The molecule has 0 spiro atoms. The Labute approximate surface area is 111 Å². The summed E-state index contributed by atoms with van der Waals surface area (Å²) in [5.74, 6) is 0.617. The third-order valence-electron chi connectivity index (χ3n) is 4.25. The number of anilines is 1. The molecule has 0 aromatic heterocycles. The lowest BCUT2D eigenvalue weighted by Gasteiger charge is -2.47. The second kappa shape index (κ2) is 3.73. The van der Waals surface area contributed by atoms with Gasteiger partial charge in [-0.2, -0.15) is 0 Å². The first kappa shape index (κ1) is 12.0. The second-order valence-electron chi connectivity index (χ2n) is 5.19. The summed E-state index contributed by atoms with van der Waals surface area (Å²) in [6.45, 7) is 1.93. The molecule has 1 aromatic carbocycles. The minimum absolute atomic E-state index is 0.0632. The molecule has 5 heteroatoms. The molecule has 1 unspecified atom stereocenters. The number of fused-ring (bicyclic) bond motifs is 3. The lowest BCUT2D eigenvalue weighted by molar-refractivity contribution is -0.117. The van der Waals surface area contributed by atoms with E-state index in [2.05, 4.69) is 0 Å². The first-order valence-corrected chi connectivity index (χ1v) is 6.28. The number of hydrogen-bond donors (Lipinski definition) is 0. The maximum Gasteiger partial charge on any atom is 0.257 e. The van der Waals surface area contributed by atoms with Crippen molar-refractivity contribution in [2.24, 2.45) is 0 Å². The molecule has 0 bridgehead atoms. The highest BCUT2D eigenvalue weighted by Crippen LogP contribution is 2.44. The predicted octanol–water partition coefficient (Wildman–Crippen LogP) is 1.62. The van der Waals surface area contributed by atoms with Crippen LogP contribution in [-0.4, -0.2) is 36.5 Å². The molecule has 19 heavy (non-hydrogen) atoms. The minimum Gasteiger partial charge on any atom is -0.497 e. The summed E-state index contributed by atoms with van der Waals surface area (Å²) in [6, 6.07) is 5.27. The summed E-state index contributed by atoms with van der Waals surface area (Å²) in [5, 5.41) is 0. The van der Waals surface area contributed by atoms with Gasteiger partial charge in [-0.3, -0.25) is 14.5 Å². The predicted molar refractivity (Wildman–Crippen MR) is 70.2 cm³/mol. The van der Waals surface area contributed by atoms with Crippen LogP contribution in [0.2, 0.25) is 0 Å². The summed E-state index contributed by atoms with van der Waals surface area (Å²) in [4.78, 5) is 28.0. The number of carbonyl (C=O) groups excluding carboxylic acids is 2. The van der Waals surface area contributed by atoms with Crippen LogP contribution in [0.4, 0.5) is 5.69 Å². The van der Waals surface area contributed by atoms with Gasteiger partial charge in [-0.25, -0.2) is 0 Å². The molecule has 0 radical (unpaired) electrons. The zero-order chi connectivity index (χ0) is 13.8. The van der Waals surface area contributed by atoms with Crippen molar-refractivity contribution in [1.29, 1.82) is 0 Å². The molecule has 5 nitrogen and oxygen atoms in total. The lowest BCUT2D eigenvalue weighted by atomic mass is 9.99. The fourth-order valence-electron chi connectivity index (χ4n) is 2.96. The van der Waals surface area contributed by atoms with Gasteiger partial charge in [-0.15, -0.1) is 0 Å². The number of hydrogen-bond acceptors (Lipinski definition) is 3. The van der Waals surface area contributed by atoms with E-state index in [4.69, 9.17) is 4.74 Å². The summed E-state index contributed by atoms with van der Waals surface area (Å²) in [7, 11) is 3.31. The number of amides is 2. The Hall–Kier alpha value is -2.04. The lowest BCUT2D eigenvalue weighted by Crippen LogP contribution is -2.60. The fourth-order valence-corrected chi connectivity index (χ4v) is 2.96.